The quantitative estimate of drug-likeness (QED) is 0.475. The summed E-state index contributed by atoms with van der Waals surface area (Å²) in [6, 6.07) is 18.1. The molecule has 1 aliphatic rings. The van der Waals surface area contributed by atoms with Gasteiger partial charge in [-0.25, -0.2) is 0 Å². The van der Waals surface area contributed by atoms with E-state index in [2.05, 4.69) is 25.1 Å². The average Bonchev–Trinajstić information content (AvgIpc) is 2.73. The maximum Gasteiger partial charge on any atom is 0.119 e. The summed E-state index contributed by atoms with van der Waals surface area (Å²) in [7, 11) is 0. The summed E-state index contributed by atoms with van der Waals surface area (Å²) in [5.74, 6) is 2.82. The van der Waals surface area contributed by atoms with Crippen molar-refractivity contribution in [1.29, 1.82) is 5.26 Å². The zero-order valence-corrected chi connectivity index (χ0v) is 16.5. The topological polar surface area (TPSA) is 33.0 Å². The molecule has 0 aromatic heterocycles. The Labute approximate surface area is 164 Å². The Morgan fingerprint density at radius 3 is 2.07 bits per heavy atom. The second-order valence-electron chi connectivity index (χ2n) is 7.80. The fraction of sp³-hybridized carbons (Fsp3) is 0.480. The van der Waals surface area contributed by atoms with Gasteiger partial charge in [0.2, 0.25) is 0 Å². The van der Waals surface area contributed by atoms with Crippen LogP contribution in [0, 0.1) is 23.2 Å². The van der Waals surface area contributed by atoms with E-state index in [-0.39, 0.29) is 0 Å². The lowest BCUT2D eigenvalue weighted by Crippen LogP contribution is -2.20. The maximum atomic E-state index is 8.90. The molecule has 0 spiro atoms. The van der Waals surface area contributed by atoms with Crippen molar-refractivity contribution in [3.8, 4) is 22.9 Å². The summed E-state index contributed by atoms with van der Waals surface area (Å²) in [6.07, 6.45) is 10.9. The highest BCUT2D eigenvalue weighted by Gasteiger charge is 2.23. The van der Waals surface area contributed by atoms with E-state index in [0.717, 1.165) is 41.7 Å². The van der Waals surface area contributed by atoms with Crippen molar-refractivity contribution in [3.63, 3.8) is 0 Å². The van der Waals surface area contributed by atoms with Crippen molar-refractivity contribution in [3.05, 3.63) is 54.1 Å². The molecule has 27 heavy (non-hydrogen) atoms. The normalized spacial score (nSPS) is 19.4. The van der Waals surface area contributed by atoms with Crippen LogP contribution in [0.25, 0.3) is 11.1 Å². The Morgan fingerprint density at radius 2 is 1.48 bits per heavy atom. The molecule has 2 aromatic rings. The van der Waals surface area contributed by atoms with E-state index < -0.39 is 0 Å². The molecule has 0 radical (unpaired) electrons. The minimum Gasteiger partial charge on any atom is -0.494 e. The van der Waals surface area contributed by atoms with Gasteiger partial charge in [-0.15, -0.1) is 0 Å². The zero-order chi connectivity index (χ0) is 18.9. The molecule has 0 bridgehead atoms. The van der Waals surface area contributed by atoms with Crippen LogP contribution in [-0.2, 0) is 0 Å². The van der Waals surface area contributed by atoms with E-state index >= 15 is 0 Å². The minimum absolute atomic E-state index is 0.692. The third kappa shape index (κ3) is 5.60. The van der Waals surface area contributed by atoms with Gasteiger partial charge in [0.05, 0.1) is 18.2 Å². The van der Waals surface area contributed by atoms with Gasteiger partial charge in [0.15, 0.2) is 0 Å². The number of hydrogen-bond acceptors (Lipinski definition) is 2. The van der Waals surface area contributed by atoms with Crippen molar-refractivity contribution < 1.29 is 4.74 Å². The SMILES string of the molecule is CCCC1CCCCC1CCCOc1ccc(-c2ccc(C#N)cc2)cc1. The number of nitriles is 1. The van der Waals surface area contributed by atoms with Crippen LogP contribution in [0.3, 0.4) is 0 Å². The van der Waals surface area contributed by atoms with Gasteiger partial charge in [0, 0.05) is 0 Å². The van der Waals surface area contributed by atoms with Crippen molar-refractivity contribution in [2.75, 3.05) is 6.61 Å². The van der Waals surface area contributed by atoms with Crippen molar-refractivity contribution in [1.82, 2.24) is 0 Å². The standard InChI is InChI=1S/C25H31NO/c1-2-6-21-7-3-4-8-22(21)9-5-18-27-25-16-14-24(15-17-25)23-12-10-20(19-26)11-13-23/h10-17,21-22H,2-9,18H2,1H3. The van der Waals surface area contributed by atoms with Crippen LogP contribution in [0.5, 0.6) is 5.75 Å². The highest BCUT2D eigenvalue weighted by molar-refractivity contribution is 5.64. The lowest BCUT2D eigenvalue weighted by molar-refractivity contribution is 0.193. The molecule has 0 heterocycles. The van der Waals surface area contributed by atoms with Crippen LogP contribution in [0.4, 0.5) is 0 Å². The molecule has 0 aliphatic heterocycles. The van der Waals surface area contributed by atoms with Gasteiger partial charge in [0.1, 0.15) is 5.75 Å². The minimum atomic E-state index is 0.692. The molecule has 1 aliphatic carbocycles. The molecule has 1 saturated carbocycles. The van der Waals surface area contributed by atoms with Gasteiger partial charge < -0.3 is 4.74 Å². The third-order valence-electron chi connectivity index (χ3n) is 5.92. The first-order valence-corrected chi connectivity index (χ1v) is 10.5. The summed E-state index contributed by atoms with van der Waals surface area (Å²) >= 11 is 0. The Kier molecular flexibility index (Phi) is 7.34. The Morgan fingerprint density at radius 1 is 0.889 bits per heavy atom. The highest BCUT2D eigenvalue weighted by Crippen LogP contribution is 2.36. The van der Waals surface area contributed by atoms with E-state index in [4.69, 9.17) is 10.00 Å². The van der Waals surface area contributed by atoms with E-state index in [9.17, 15) is 0 Å². The molecule has 0 N–H and O–H groups in total. The Hall–Kier alpha value is -2.27. The first-order valence-electron chi connectivity index (χ1n) is 10.5. The summed E-state index contributed by atoms with van der Waals surface area (Å²) in [5, 5.41) is 8.90. The third-order valence-corrected chi connectivity index (χ3v) is 5.92. The van der Waals surface area contributed by atoms with Crippen molar-refractivity contribution >= 4 is 0 Å². The average molecular weight is 362 g/mol. The molecule has 0 saturated heterocycles. The van der Waals surface area contributed by atoms with Gasteiger partial charge in [-0.05, 0) is 60.1 Å². The van der Waals surface area contributed by atoms with Crippen LogP contribution in [0.15, 0.2) is 48.5 Å². The van der Waals surface area contributed by atoms with E-state index in [1.54, 1.807) is 0 Å². The van der Waals surface area contributed by atoms with Gasteiger partial charge >= 0.3 is 0 Å². The molecule has 1 fully saturated rings. The molecular weight excluding hydrogens is 330 g/mol. The first kappa shape index (κ1) is 19.5. The van der Waals surface area contributed by atoms with Gasteiger partial charge in [-0.3, -0.25) is 0 Å². The summed E-state index contributed by atoms with van der Waals surface area (Å²) < 4.78 is 5.98. The van der Waals surface area contributed by atoms with Crippen LogP contribution < -0.4 is 4.74 Å². The Balaban J connectivity index is 1.45. The number of ether oxygens (including phenoxy) is 1. The number of rotatable bonds is 8. The smallest absolute Gasteiger partial charge is 0.119 e. The lowest BCUT2D eigenvalue weighted by Gasteiger charge is -2.31. The van der Waals surface area contributed by atoms with Crippen LogP contribution in [0.2, 0.25) is 0 Å². The summed E-state index contributed by atoms with van der Waals surface area (Å²) in [6.45, 7) is 3.13. The highest BCUT2D eigenvalue weighted by atomic mass is 16.5. The largest absolute Gasteiger partial charge is 0.494 e. The van der Waals surface area contributed by atoms with Crippen molar-refractivity contribution in [2.45, 2.75) is 58.3 Å². The Bertz CT molecular complexity index is 724. The fourth-order valence-electron chi connectivity index (χ4n) is 4.43. The van der Waals surface area contributed by atoms with Crippen LogP contribution in [-0.4, -0.2) is 6.61 Å². The molecular formula is C25H31NO. The molecule has 2 atom stereocenters. The van der Waals surface area contributed by atoms with E-state index in [1.165, 1.54) is 44.9 Å². The summed E-state index contributed by atoms with van der Waals surface area (Å²) in [5.41, 5.74) is 2.97. The van der Waals surface area contributed by atoms with Gasteiger partial charge in [-0.1, -0.05) is 69.7 Å². The first-order chi connectivity index (χ1) is 13.3. The maximum absolute atomic E-state index is 8.90. The zero-order valence-electron chi connectivity index (χ0n) is 16.5. The molecule has 2 nitrogen and oxygen atoms in total. The fourth-order valence-corrected chi connectivity index (χ4v) is 4.43. The molecule has 2 aromatic carbocycles. The van der Waals surface area contributed by atoms with Crippen LogP contribution in [0.1, 0.15) is 63.9 Å². The molecule has 2 heteroatoms. The van der Waals surface area contributed by atoms with Crippen LogP contribution >= 0.6 is 0 Å². The van der Waals surface area contributed by atoms with Gasteiger partial charge in [-0.2, -0.15) is 5.26 Å². The van der Waals surface area contributed by atoms with E-state index in [1.807, 2.05) is 36.4 Å². The molecule has 3 rings (SSSR count). The monoisotopic (exact) mass is 361 g/mol. The lowest BCUT2D eigenvalue weighted by atomic mass is 9.75. The summed E-state index contributed by atoms with van der Waals surface area (Å²) in [4.78, 5) is 0. The number of benzene rings is 2. The second kappa shape index (κ2) is 10.2. The molecule has 142 valence electrons. The number of nitrogens with zero attached hydrogens (tertiary/aromatic N) is 1. The second-order valence-corrected chi connectivity index (χ2v) is 7.80. The predicted octanol–water partition coefficient (Wildman–Crippen LogP) is 6.99. The van der Waals surface area contributed by atoms with Gasteiger partial charge in [0.25, 0.3) is 0 Å². The molecule has 2 unspecified atom stereocenters. The van der Waals surface area contributed by atoms with E-state index in [0.29, 0.717) is 5.56 Å². The predicted molar refractivity (Wildman–Crippen MR) is 112 cm³/mol. The number of hydrogen-bond donors (Lipinski definition) is 0. The van der Waals surface area contributed by atoms with Crippen molar-refractivity contribution in [2.24, 2.45) is 11.8 Å². The molecule has 0 amide bonds.